The summed E-state index contributed by atoms with van der Waals surface area (Å²) in [5.41, 5.74) is 3.58. The van der Waals surface area contributed by atoms with Crippen molar-refractivity contribution in [1.29, 1.82) is 5.26 Å². The molecule has 0 saturated heterocycles. The van der Waals surface area contributed by atoms with Crippen LogP contribution in [-0.4, -0.2) is 38.6 Å². The van der Waals surface area contributed by atoms with Gasteiger partial charge in [0.2, 0.25) is 0 Å². The summed E-state index contributed by atoms with van der Waals surface area (Å²) < 4.78 is 5.50. The summed E-state index contributed by atoms with van der Waals surface area (Å²) in [4.78, 5) is 15.2. The molecule has 5 heteroatoms. The van der Waals surface area contributed by atoms with Crippen molar-refractivity contribution in [3.8, 4) is 22.9 Å². The Morgan fingerprint density at radius 2 is 1.63 bits per heavy atom. The highest BCUT2D eigenvalue weighted by molar-refractivity contribution is 6.01. The molecule has 1 unspecified atom stereocenters. The van der Waals surface area contributed by atoms with Gasteiger partial charge >= 0.3 is 0 Å². The number of amides is 1. The zero-order valence-electron chi connectivity index (χ0n) is 17.4. The third kappa shape index (κ3) is 4.51. The minimum atomic E-state index is -0.180. The molecule has 0 radical (unpaired) electrons. The molecule has 0 aliphatic heterocycles. The molecule has 0 aliphatic carbocycles. The summed E-state index contributed by atoms with van der Waals surface area (Å²) >= 11 is 0. The molecule has 3 aromatic rings. The quantitative estimate of drug-likeness (QED) is 0.644. The highest BCUT2D eigenvalue weighted by atomic mass is 16.5. The van der Waals surface area contributed by atoms with Crippen LogP contribution in [0, 0.1) is 11.3 Å². The van der Waals surface area contributed by atoms with Crippen molar-refractivity contribution < 1.29 is 9.53 Å². The lowest BCUT2D eigenvalue weighted by molar-refractivity contribution is 0.0942. The van der Waals surface area contributed by atoms with E-state index in [0.717, 1.165) is 22.4 Å². The summed E-state index contributed by atoms with van der Waals surface area (Å²) in [6, 6.07) is 24.6. The lowest BCUT2D eigenvalue weighted by Crippen LogP contribution is -2.35. The number of benzene rings is 3. The van der Waals surface area contributed by atoms with E-state index in [0.29, 0.717) is 17.7 Å². The Morgan fingerprint density at radius 1 is 1.00 bits per heavy atom. The van der Waals surface area contributed by atoms with Gasteiger partial charge < -0.3 is 15.0 Å². The number of nitrogens with zero attached hydrogens (tertiary/aromatic N) is 2. The monoisotopic (exact) mass is 399 g/mol. The largest absolute Gasteiger partial charge is 0.496 e. The molecule has 0 fully saturated rings. The number of nitriles is 1. The average molecular weight is 399 g/mol. The van der Waals surface area contributed by atoms with Gasteiger partial charge in [0, 0.05) is 23.2 Å². The van der Waals surface area contributed by atoms with Crippen LogP contribution in [0.4, 0.5) is 0 Å². The number of hydrogen-bond acceptors (Lipinski definition) is 4. The number of ether oxygens (including phenoxy) is 1. The molecule has 30 heavy (non-hydrogen) atoms. The van der Waals surface area contributed by atoms with Gasteiger partial charge in [-0.3, -0.25) is 4.79 Å². The topological polar surface area (TPSA) is 65.4 Å². The molecule has 0 bridgehead atoms. The van der Waals surface area contributed by atoms with Gasteiger partial charge in [0.25, 0.3) is 5.91 Å². The Hall–Kier alpha value is -3.62. The van der Waals surface area contributed by atoms with E-state index in [1.165, 1.54) is 0 Å². The first-order valence-electron chi connectivity index (χ1n) is 9.73. The maximum Gasteiger partial charge on any atom is 0.251 e. The molecule has 0 heterocycles. The van der Waals surface area contributed by atoms with E-state index < -0.39 is 0 Å². The van der Waals surface area contributed by atoms with E-state index >= 15 is 0 Å². The van der Waals surface area contributed by atoms with Gasteiger partial charge in [-0.2, -0.15) is 5.26 Å². The van der Waals surface area contributed by atoms with E-state index in [2.05, 4.69) is 16.3 Å². The van der Waals surface area contributed by atoms with Crippen molar-refractivity contribution in [2.24, 2.45) is 0 Å². The summed E-state index contributed by atoms with van der Waals surface area (Å²) in [6.07, 6.45) is 0. The van der Waals surface area contributed by atoms with Crippen LogP contribution >= 0.6 is 0 Å². The fourth-order valence-electron chi connectivity index (χ4n) is 3.53. The van der Waals surface area contributed by atoms with Crippen LogP contribution in [0.15, 0.2) is 72.8 Å². The van der Waals surface area contributed by atoms with Gasteiger partial charge in [-0.05, 0) is 37.9 Å². The van der Waals surface area contributed by atoms with Gasteiger partial charge in [-0.1, -0.05) is 54.6 Å². The average Bonchev–Trinajstić information content (AvgIpc) is 2.79. The van der Waals surface area contributed by atoms with Gasteiger partial charge in [0.15, 0.2) is 0 Å². The molecule has 1 amide bonds. The number of methoxy groups -OCH3 is 1. The maximum atomic E-state index is 13.1. The molecular weight excluding hydrogens is 374 g/mol. The predicted molar refractivity (Wildman–Crippen MR) is 118 cm³/mol. The lowest BCUT2D eigenvalue weighted by Gasteiger charge is -2.26. The highest BCUT2D eigenvalue weighted by Crippen LogP contribution is 2.29. The number of nitrogens with one attached hydrogen (secondary N) is 1. The smallest absolute Gasteiger partial charge is 0.251 e. The zero-order valence-corrected chi connectivity index (χ0v) is 17.4. The van der Waals surface area contributed by atoms with E-state index in [4.69, 9.17) is 4.74 Å². The Labute approximate surface area is 177 Å². The van der Waals surface area contributed by atoms with Crippen LogP contribution in [0.5, 0.6) is 5.75 Å². The number of carbonyl (C=O) groups is 1. The van der Waals surface area contributed by atoms with Crippen LogP contribution in [0.25, 0.3) is 11.1 Å². The molecule has 0 spiro atoms. The van der Waals surface area contributed by atoms with E-state index in [9.17, 15) is 10.1 Å². The minimum absolute atomic E-state index is 0.0522. The van der Waals surface area contributed by atoms with Crippen LogP contribution < -0.4 is 10.1 Å². The van der Waals surface area contributed by atoms with Crippen molar-refractivity contribution in [3.05, 3.63) is 89.5 Å². The number of carbonyl (C=O) groups excluding carboxylic acids is 1. The second-order valence-electron chi connectivity index (χ2n) is 7.13. The van der Waals surface area contributed by atoms with Crippen molar-refractivity contribution in [2.75, 3.05) is 27.7 Å². The van der Waals surface area contributed by atoms with Gasteiger partial charge in [0.05, 0.1) is 24.8 Å². The first-order chi connectivity index (χ1) is 14.6. The molecule has 0 saturated carbocycles. The number of para-hydroxylation sites is 1. The first kappa shape index (κ1) is 21.1. The Morgan fingerprint density at radius 3 is 2.33 bits per heavy atom. The molecule has 1 N–H and O–H groups in total. The van der Waals surface area contributed by atoms with E-state index in [1.54, 1.807) is 19.2 Å². The molecule has 0 aromatic heterocycles. The van der Waals surface area contributed by atoms with Crippen LogP contribution in [0.3, 0.4) is 0 Å². The first-order valence-corrected chi connectivity index (χ1v) is 9.73. The molecule has 3 aromatic carbocycles. The maximum absolute atomic E-state index is 13.1. The molecule has 1 atom stereocenters. The van der Waals surface area contributed by atoms with Gasteiger partial charge in [0.1, 0.15) is 5.75 Å². The third-order valence-corrected chi connectivity index (χ3v) is 5.09. The molecule has 5 nitrogen and oxygen atoms in total. The van der Waals surface area contributed by atoms with Crippen molar-refractivity contribution >= 4 is 5.91 Å². The number of hydrogen-bond donors (Lipinski definition) is 1. The fraction of sp³-hybridized carbons (Fsp3) is 0.200. The Balaban J connectivity index is 1.87. The molecular formula is C25H25N3O2. The summed E-state index contributed by atoms with van der Waals surface area (Å²) in [5, 5.41) is 12.5. The normalized spacial score (nSPS) is 11.6. The van der Waals surface area contributed by atoms with Crippen LogP contribution in [0.2, 0.25) is 0 Å². The standard InChI is InChI=1S/C25H25N3O2/c1-28(2)23(22-14-8-9-15-24(22)30-3)17-27-25(29)21-13-7-6-12-20(21)19-11-5-4-10-18(19)16-26/h4-15,23H,17H2,1-3H3,(H,27,29). The van der Waals surface area contributed by atoms with E-state index in [-0.39, 0.29) is 11.9 Å². The van der Waals surface area contributed by atoms with Crippen molar-refractivity contribution in [2.45, 2.75) is 6.04 Å². The Bertz CT molecular complexity index is 1070. The molecule has 3 rings (SSSR count). The second kappa shape index (κ2) is 9.73. The molecule has 0 aliphatic rings. The Kier molecular flexibility index (Phi) is 6.84. The van der Waals surface area contributed by atoms with Gasteiger partial charge in [-0.25, -0.2) is 0 Å². The summed E-state index contributed by atoms with van der Waals surface area (Å²) in [7, 11) is 5.59. The highest BCUT2D eigenvalue weighted by Gasteiger charge is 2.21. The summed E-state index contributed by atoms with van der Waals surface area (Å²) in [5.74, 6) is 0.605. The van der Waals surface area contributed by atoms with Crippen molar-refractivity contribution in [3.63, 3.8) is 0 Å². The predicted octanol–water partition coefficient (Wildman–Crippen LogP) is 4.27. The van der Waals surface area contributed by atoms with E-state index in [1.807, 2.05) is 74.8 Å². The van der Waals surface area contributed by atoms with Crippen LogP contribution in [-0.2, 0) is 0 Å². The SMILES string of the molecule is COc1ccccc1C(CNC(=O)c1ccccc1-c1ccccc1C#N)N(C)C. The minimum Gasteiger partial charge on any atom is -0.496 e. The number of likely N-dealkylation sites (N-methyl/N-ethyl adjacent to an activating group) is 1. The van der Waals surface area contributed by atoms with Crippen molar-refractivity contribution in [1.82, 2.24) is 10.2 Å². The second-order valence-corrected chi connectivity index (χ2v) is 7.13. The fourth-order valence-corrected chi connectivity index (χ4v) is 3.53. The zero-order chi connectivity index (χ0) is 21.5. The third-order valence-electron chi connectivity index (χ3n) is 5.09. The molecule has 152 valence electrons. The number of rotatable bonds is 7. The van der Waals surface area contributed by atoms with Gasteiger partial charge in [-0.15, -0.1) is 0 Å². The van der Waals surface area contributed by atoms with Crippen LogP contribution in [0.1, 0.15) is 27.5 Å². The lowest BCUT2D eigenvalue weighted by atomic mass is 9.95. The summed E-state index contributed by atoms with van der Waals surface area (Å²) in [6.45, 7) is 0.417.